The molecule has 0 amide bonds. The first-order chi connectivity index (χ1) is 11.3. The average molecular weight is 302 g/mol. The number of benzene rings is 2. The summed E-state index contributed by atoms with van der Waals surface area (Å²) in [5, 5.41) is 0. The fourth-order valence-electron chi connectivity index (χ4n) is 3.08. The van der Waals surface area contributed by atoms with Crippen molar-refractivity contribution in [3.63, 3.8) is 0 Å². The van der Waals surface area contributed by atoms with Gasteiger partial charge in [-0.15, -0.1) is 0 Å². The van der Waals surface area contributed by atoms with Gasteiger partial charge in [-0.3, -0.25) is 4.98 Å². The first-order valence-electron chi connectivity index (χ1n) is 8.41. The molecular weight excluding hydrogens is 279 g/mol. The Labute approximate surface area is 139 Å². The zero-order chi connectivity index (χ0) is 16.1. The van der Waals surface area contributed by atoms with Crippen molar-refractivity contribution < 1.29 is 0 Å². The van der Waals surface area contributed by atoms with Crippen LogP contribution in [0, 0.1) is 0 Å². The first-order valence-corrected chi connectivity index (χ1v) is 8.41. The van der Waals surface area contributed by atoms with Gasteiger partial charge in [0.2, 0.25) is 7.28 Å². The minimum absolute atomic E-state index is 0.336. The lowest BCUT2D eigenvalue weighted by atomic mass is 9.58. The molecule has 0 bridgehead atoms. The van der Waals surface area contributed by atoms with Crippen LogP contribution in [0.1, 0.15) is 43.3 Å². The smallest absolute Gasteiger partial charge is 0.217 e. The van der Waals surface area contributed by atoms with E-state index in [1.165, 1.54) is 11.1 Å². The van der Waals surface area contributed by atoms with Crippen LogP contribution in [0.2, 0.25) is 0 Å². The highest BCUT2D eigenvalue weighted by molar-refractivity contribution is 6.54. The molecule has 0 fully saturated rings. The number of rotatable bonds is 6. The number of hydrogen-bond acceptors (Lipinski definition) is 1. The maximum absolute atomic E-state index is 4.64. The van der Waals surface area contributed by atoms with Gasteiger partial charge in [0.1, 0.15) is 0 Å². The van der Waals surface area contributed by atoms with Crippen LogP contribution in [0.15, 0.2) is 73.1 Å². The minimum atomic E-state index is 0.336. The summed E-state index contributed by atoms with van der Waals surface area (Å²) in [6, 6.07) is 22.0. The van der Waals surface area contributed by atoms with Gasteiger partial charge in [0.25, 0.3) is 0 Å². The SMILES string of the molecule is CCC(C)n1ccnc1BC(c1ccccc1)c1ccccc1. The van der Waals surface area contributed by atoms with Crippen molar-refractivity contribution in [2.75, 3.05) is 0 Å². The molecule has 1 unspecified atom stereocenters. The molecule has 0 aliphatic carbocycles. The standard InChI is InChI=1S/C20H23BN2/c1-3-16(2)23-15-14-22-20(23)21-19(17-10-6-4-7-11-17)18-12-8-5-9-13-18/h4-16,19,21H,3H2,1-2H3. The summed E-state index contributed by atoms with van der Waals surface area (Å²) in [4.78, 5) is 4.64. The molecule has 0 spiro atoms. The maximum Gasteiger partial charge on any atom is 0.217 e. The maximum atomic E-state index is 4.64. The number of aromatic nitrogens is 2. The molecule has 0 aliphatic heterocycles. The molecule has 3 aromatic rings. The van der Waals surface area contributed by atoms with Crippen molar-refractivity contribution in [2.24, 2.45) is 0 Å². The molecular formula is C20H23BN2. The number of imidazole rings is 1. The largest absolute Gasteiger partial charge is 0.340 e. The van der Waals surface area contributed by atoms with Gasteiger partial charge in [-0.1, -0.05) is 67.6 Å². The Bertz CT molecular complexity index is 682. The molecule has 1 atom stereocenters. The molecule has 1 aromatic heterocycles. The number of nitrogens with zero attached hydrogens (tertiary/aromatic N) is 2. The van der Waals surface area contributed by atoms with Crippen LogP contribution in [0.4, 0.5) is 0 Å². The van der Waals surface area contributed by atoms with Gasteiger partial charge in [-0.05, 0) is 30.3 Å². The molecule has 0 saturated heterocycles. The highest BCUT2D eigenvalue weighted by atomic mass is 15.1. The molecule has 3 rings (SSSR count). The lowest BCUT2D eigenvalue weighted by Gasteiger charge is -2.20. The third-order valence-corrected chi connectivity index (χ3v) is 4.61. The molecule has 0 aliphatic rings. The van der Waals surface area contributed by atoms with E-state index in [1.54, 1.807) is 0 Å². The van der Waals surface area contributed by atoms with Crippen LogP contribution in [-0.4, -0.2) is 16.8 Å². The van der Waals surface area contributed by atoms with Crippen molar-refractivity contribution in [3.8, 4) is 0 Å². The first kappa shape index (κ1) is 15.6. The summed E-state index contributed by atoms with van der Waals surface area (Å²) < 4.78 is 2.32. The van der Waals surface area contributed by atoms with E-state index in [9.17, 15) is 0 Å². The number of hydrogen-bond donors (Lipinski definition) is 0. The van der Waals surface area contributed by atoms with Crippen molar-refractivity contribution in [2.45, 2.75) is 32.1 Å². The summed E-state index contributed by atoms with van der Waals surface area (Å²) >= 11 is 0. The minimum Gasteiger partial charge on any atom is -0.340 e. The van der Waals surface area contributed by atoms with Gasteiger partial charge in [-0.25, -0.2) is 0 Å². The molecule has 0 radical (unpaired) electrons. The molecule has 1 heterocycles. The van der Waals surface area contributed by atoms with Gasteiger partial charge < -0.3 is 4.57 Å². The summed E-state index contributed by atoms with van der Waals surface area (Å²) in [6.07, 6.45) is 5.15. The van der Waals surface area contributed by atoms with E-state index in [0.29, 0.717) is 11.9 Å². The van der Waals surface area contributed by atoms with Gasteiger partial charge in [0, 0.05) is 18.4 Å². The van der Waals surface area contributed by atoms with Gasteiger partial charge in [0.05, 0.1) is 5.72 Å². The molecule has 0 saturated carbocycles. The van der Waals surface area contributed by atoms with Crippen LogP contribution in [0.25, 0.3) is 0 Å². The van der Waals surface area contributed by atoms with E-state index in [1.807, 2.05) is 6.20 Å². The Kier molecular flexibility index (Phi) is 4.97. The molecule has 116 valence electrons. The second kappa shape index (κ2) is 7.32. The molecule has 2 aromatic carbocycles. The molecule has 3 heteroatoms. The van der Waals surface area contributed by atoms with Crippen LogP contribution >= 0.6 is 0 Å². The van der Waals surface area contributed by atoms with Crippen LogP contribution in [0.5, 0.6) is 0 Å². The van der Waals surface area contributed by atoms with E-state index >= 15 is 0 Å². The Morgan fingerprint density at radius 3 is 2.04 bits per heavy atom. The van der Waals surface area contributed by atoms with E-state index in [4.69, 9.17) is 0 Å². The third-order valence-electron chi connectivity index (χ3n) is 4.61. The summed E-state index contributed by atoms with van der Waals surface area (Å²) in [6.45, 7) is 4.48. The summed E-state index contributed by atoms with van der Waals surface area (Å²) in [5.74, 6) is 0.336. The second-order valence-corrected chi connectivity index (χ2v) is 6.09. The predicted molar refractivity (Wildman–Crippen MR) is 98.7 cm³/mol. The summed E-state index contributed by atoms with van der Waals surface area (Å²) in [7, 11) is 0.922. The van der Waals surface area contributed by atoms with Crippen LogP contribution in [0.3, 0.4) is 0 Å². The van der Waals surface area contributed by atoms with Gasteiger partial charge in [0.15, 0.2) is 0 Å². The average Bonchev–Trinajstić information content (AvgIpc) is 3.09. The van der Waals surface area contributed by atoms with Gasteiger partial charge in [-0.2, -0.15) is 0 Å². The molecule has 2 nitrogen and oxygen atoms in total. The predicted octanol–water partition coefficient (Wildman–Crippen LogP) is 3.71. The lowest BCUT2D eigenvalue weighted by Crippen LogP contribution is -2.32. The highest BCUT2D eigenvalue weighted by Gasteiger charge is 2.20. The molecule has 0 N–H and O–H groups in total. The molecule has 23 heavy (non-hydrogen) atoms. The Morgan fingerprint density at radius 2 is 1.52 bits per heavy atom. The van der Waals surface area contributed by atoms with E-state index in [-0.39, 0.29) is 0 Å². The fourth-order valence-corrected chi connectivity index (χ4v) is 3.08. The van der Waals surface area contributed by atoms with Crippen LogP contribution in [-0.2, 0) is 0 Å². The van der Waals surface area contributed by atoms with Crippen molar-refractivity contribution in [3.05, 3.63) is 84.2 Å². The van der Waals surface area contributed by atoms with Crippen LogP contribution < -0.4 is 5.72 Å². The van der Waals surface area contributed by atoms with E-state index in [2.05, 4.69) is 90.3 Å². The zero-order valence-corrected chi connectivity index (χ0v) is 13.9. The third kappa shape index (κ3) is 3.56. The van der Waals surface area contributed by atoms with E-state index in [0.717, 1.165) is 19.4 Å². The monoisotopic (exact) mass is 302 g/mol. The van der Waals surface area contributed by atoms with Crippen molar-refractivity contribution in [1.29, 1.82) is 0 Å². The normalized spacial score (nSPS) is 12.3. The van der Waals surface area contributed by atoms with Gasteiger partial charge >= 0.3 is 0 Å². The quantitative estimate of drug-likeness (QED) is 0.635. The second-order valence-electron chi connectivity index (χ2n) is 6.09. The Morgan fingerprint density at radius 1 is 0.957 bits per heavy atom. The lowest BCUT2D eigenvalue weighted by molar-refractivity contribution is 0.541. The van der Waals surface area contributed by atoms with E-state index < -0.39 is 0 Å². The Hall–Kier alpha value is -2.29. The Balaban J connectivity index is 1.96. The van der Waals surface area contributed by atoms with Crippen molar-refractivity contribution >= 4 is 13.0 Å². The summed E-state index contributed by atoms with van der Waals surface area (Å²) in [5.41, 5.74) is 3.85. The highest BCUT2D eigenvalue weighted by Crippen LogP contribution is 2.23. The zero-order valence-electron chi connectivity index (χ0n) is 13.9. The fraction of sp³-hybridized carbons (Fsp3) is 0.250. The topological polar surface area (TPSA) is 17.8 Å². The van der Waals surface area contributed by atoms with Crippen molar-refractivity contribution in [1.82, 2.24) is 9.55 Å².